The van der Waals surface area contributed by atoms with Crippen LogP contribution in [0.2, 0.25) is 0 Å². The van der Waals surface area contributed by atoms with Crippen molar-refractivity contribution in [1.29, 1.82) is 0 Å². The fourth-order valence-corrected chi connectivity index (χ4v) is 15.6. The van der Waals surface area contributed by atoms with E-state index in [4.69, 9.17) is 37.9 Å². The first-order valence-corrected chi connectivity index (χ1v) is 27.9. The molecular formula is C51H32Br2F9NO12S4. The Labute approximate surface area is 472 Å². The average Bonchev–Trinajstić information content (AvgIpc) is 3.53. The number of fused-ring (bicyclic) bond motifs is 12. The minimum Gasteiger partial charge on any atom is -0.339 e. The van der Waals surface area contributed by atoms with Gasteiger partial charge in [0.2, 0.25) is 11.6 Å². The number of ketones is 2. The third-order valence-corrected chi connectivity index (χ3v) is 18.9. The number of rotatable bonds is 6. The first kappa shape index (κ1) is 56.1. The van der Waals surface area contributed by atoms with Crippen LogP contribution in [0.1, 0.15) is 63.1 Å². The van der Waals surface area contributed by atoms with Gasteiger partial charge >= 0.3 is 0 Å². The highest BCUT2D eigenvalue weighted by Crippen LogP contribution is 2.65. The fraction of sp³-hybridized carbons (Fsp3) is 0.275. The van der Waals surface area contributed by atoms with Gasteiger partial charge in [0.15, 0.2) is 52.4 Å². The van der Waals surface area contributed by atoms with E-state index in [0.29, 0.717) is 72.6 Å². The van der Waals surface area contributed by atoms with Crippen molar-refractivity contribution < 1.29 is 96.6 Å². The minimum absolute atomic E-state index is 0.0196. The topological polar surface area (TPSA) is 138 Å². The Bertz CT molecular complexity index is 3370. The highest BCUT2D eigenvalue weighted by molar-refractivity contribution is 9.11. The fourth-order valence-electron chi connectivity index (χ4n) is 9.72. The standard InChI is InChI=1S/C28H14F6O6S2.C14H10Br2O4S2.C9H8F3NO2/c29-15-5-11(6-16(30)21(15)33)23(35)19-9-13-25(41-19)26-14(28(39-3-4-40-28)27(13)37-1-2-38-27)10-20(42-26)24(36)12-7-17(31)22(34)18(32)8-12;15-9-5-7-11(21-9)12-8(6-10(16)22-12)14(19-3-4-20-14)13(7)17-1-2-18-13;1-13(15-2)9(14)5-3-6(10)8(12)7(11)4-5/h5-10H,1-4H2;5-6H,1-4H2;3-4H,1-2H3. The molecule has 7 aromatic rings. The van der Waals surface area contributed by atoms with Crippen LogP contribution < -0.4 is 0 Å². The third kappa shape index (κ3) is 9.00. The van der Waals surface area contributed by atoms with Gasteiger partial charge in [0, 0.05) is 46.0 Å². The molecule has 2 aliphatic carbocycles. The number of halogens is 11. The summed E-state index contributed by atoms with van der Waals surface area (Å²) in [6.45, 7) is 2.51. The summed E-state index contributed by atoms with van der Waals surface area (Å²) in [5, 5.41) is 0.770. The Morgan fingerprint density at radius 2 is 0.684 bits per heavy atom. The number of hydroxylamine groups is 2. The van der Waals surface area contributed by atoms with Crippen molar-refractivity contribution in [2.75, 3.05) is 67.0 Å². The highest BCUT2D eigenvalue weighted by Gasteiger charge is 2.69. The lowest BCUT2D eigenvalue weighted by molar-refractivity contribution is -0.365. The molecule has 13 nitrogen and oxygen atoms in total. The lowest BCUT2D eigenvalue weighted by Gasteiger charge is -2.44. The van der Waals surface area contributed by atoms with E-state index >= 15 is 0 Å². The van der Waals surface area contributed by atoms with Gasteiger partial charge in [0.1, 0.15) is 0 Å². The number of thiophene rings is 4. The van der Waals surface area contributed by atoms with Crippen LogP contribution in [-0.4, -0.2) is 89.5 Å². The van der Waals surface area contributed by atoms with Gasteiger partial charge in [-0.15, -0.1) is 45.3 Å². The number of hydrogen-bond acceptors (Lipinski definition) is 16. The molecular weight excluding hydrogens is 1280 g/mol. The van der Waals surface area contributed by atoms with Crippen molar-refractivity contribution in [1.82, 2.24) is 5.06 Å². The molecule has 0 saturated carbocycles. The monoisotopic (exact) mass is 1310 g/mol. The summed E-state index contributed by atoms with van der Waals surface area (Å²) in [6.07, 6.45) is 0. The molecule has 79 heavy (non-hydrogen) atoms. The van der Waals surface area contributed by atoms with Crippen LogP contribution in [0, 0.1) is 52.4 Å². The van der Waals surface area contributed by atoms with Crippen LogP contribution >= 0.6 is 77.2 Å². The maximum atomic E-state index is 13.9. The second-order valence-corrected chi connectivity index (χ2v) is 24.4. The molecule has 0 bridgehead atoms. The summed E-state index contributed by atoms with van der Waals surface area (Å²) in [5.74, 6) is -22.0. The Kier molecular flexibility index (Phi) is 15.1. The number of carbonyl (C=O) groups is 3. The van der Waals surface area contributed by atoms with Gasteiger partial charge in [0.25, 0.3) is 29.1 Å². The largest absolute Gasteiger partial charge is 0.339 e. The summed E-state index contributed by atoms with van der Waals surface area (Å²) in [6, 6.07) is 10.5. The highest BCUT2D eigenvalue weighted by atomic mass is 79.9. The van der Waals surface area contributed by atoms with Crippen molar-refractivity contribution >= 4 is 94.7 Å². The Morgan fingerprint density at radius 1 is 0.430 bits per heavy atom. The van der Waals surface area contributed by atoms with Gasteiger partial charge < -0.3 is 37.9 Å². The number of ether oxygens (including phenoxy) is 8. The van der Waals surface area contributed by atoms with Crippen LogP contribution in [0.4, 0.5) is 39.5 Å². The molecule has 0 N–H and O–H groups in total. The van der Waals surface area contributed by atoms with Crippen molar-refractivity contribution in [3.05, 3.63) is 169 Å². The number of nitrogens with zero attached hydrogens (tertiary/aromatic N) is 1. The zero-order chi connectivity index (χ0) is 56.1. The molecule has 13 rings (SSSR count). The lowest BCUT2D eigenvalue weighted by atomic mass is 9.84. The molecule has 6 aliphatic rings. The maximum Gasteiger partial charge on any atom is 0.277 e. The van der Waals surface area contributed by atoms with E-state index in [-0.39, 0.29) is 52.9 Å². The molecule has 0 unspecified atom stereocenters. The molecule has 4 aliphatic heterocycles. The van der Waals surface area contributed by atoms with Crippen molar-refractivity contribution in [3.63, 3.8) is 0 Å². The van der Waals surface area contributed by atoms with Crippen molar-refractivity contribution in [3.8, 4) is 19.5 Å². The predicted molar refractivity (Wildman–Crippen MR) is 270 cm³/mol. The van der Waals surface area contributed by atoms with E-state index in [1.807, 2.05) is 0 Å². The quantitative estimate of drug-likeness (QED) is 0.0678. The predicted octanol–water partition coefficient (Wildman–Crippen LogP) is 12.3. The summed E-state index contributed by atoms with van der Waals surface area (Å²) < 4.78 is 172. The number of carbonyl (C=O) groups excluding carboxylic acids is 3. The van der Waals surface area contributed by atoms with E-state index in [2.05, 4.69) is 48.8 Å². The van der Waals surface area contributed by atoms with Crippen LogP contribution in [-0.2, 0) is 65.9 Å². The second-order valence-electron chi connectivity index (χ2n) is 17.5. The number of amides is 1. The van der Waals surface area contributed by atoms with Gasteiger partial charge in [-0.2, -0.15) is 0 Å². The first-order chi connectivity index (χ1) is 37.7. The van der Waals surface area contributed by atoms with Crippen LogP contribution in [0.5, 0.6) is 0 Å². The Balaban J connectivity index is 0.000000147. The molecule has 0 radical (unpaired) electrons. The SMILES string of the molecule is Brc1cc2c(s1)-c1sc(Br)cc1C1(OCCO1)C21OCCO1.CON(C)C(=O)c1cc(F)c(F)c(F)c1.O=C(c1cc(F)c(F)c(F)c1)c1cc2c(s1)-c1sc(C(=O)c3cc(F)c(F)c(F)c3)cc1C1(OCCO1)C21OCCO1. The third-order valence-electron chi connectivity index (χ3n) is 13.1. The van der Waals surface area contributed by atoms with Gasteiger partial charge in [-0.3, -0.25) is 19.2 Å². The van der Waals surface area contributed by atoms with E-state index in [1.54, 1.807) is 22.7 Å². The van der Waals surface area contributed by atoms with Crippen LogP contribution in [0.3, 0.4) is 0 Å². The van der Waals surface area contributed by atoms with Gasteiger partial charge in [-0.05, 0) is 92.5 Å². The summed E-state index contributed by atoms with van der Waals surface area (Å²) >= 11 is 12.4. The average molecular weight is 1310 g/mol. The molecule has 4 saturated heterocycles. The van der Waals surface area contributed by atoms with E-state index in [9.17, 15) is 53.9 Å². The number of hydrogen-bond donors (Lipinski definition) is 0. The summed E-state index contributed by atoms with van der Waals surface area (Å²) in [4.78, 5) is 45.6. The van der Waals surface area contributed by atoms with Gasteiger partial charge in [-0.1, -0.05) is 0 Å². The molecule has 4 spiro atoms. The zero-order valence-corrected chi connectivity index (χ0v) is 46.5. The second kappa shape index (κ2) is 21.2. The zero-order valence-electron chi connectivity index (χ0n) is 40.1. The molecule has 4 aromatic heterocycles. The molecule has 4 fully saturated rings. The van der Waals surface area contributed by atoms with Gasteiger partial charge in [0.05, 0.1) is 96.8 Å². The van der Waals surface area contributed by atoms with E-state index < -0.39 is 104 Å². The maximum absolute atomic E-state index is 13.9. The summed E-state index contributed by atoms with van der Waals surface area (Å²) in [7, 11) is 2.48. The number of benzene rings is 3. The van der Waals surface area contributed by atoms with Crippen molar-refractivity contribution in [2.24, 2.45) is 0 Å². The smallest absolute Gasteiger partial charge is 0.277 e. The van der Waals surface area contributed by atoms with Crippen LogP contribution in [0.15, 0.2) is 68.2 Å². The Hall–Kier alpha value is -4.76. The minimum atomic E-state index is -1.75. The first-order valence-electron chi connectivity index (χ1n) is 23.1. The molecule has 414 valence electrons. The molecule has 0 atom stereocenters. The molecule has 1 amide bonds. The van der Waals surface area contributed by atoms with E-state index in [1.165, 1.54) is 26.3 Å². The molecule has 3 aromatic carbocycles. The van der Waals surface area contributed by atoms with Crippen molar-refractivity contribution in [2.45, 2.75) is 23.1 Å². The van der Waals surface area contributed by atoms with Crippen LogP contribution in [0.25, 0.3) is 19.5 Å². The molecule has 8 heterocycles. The summed E-state index contributed by atoms with van der Waals surface area (Å²) in [5.41, 5.74) is 1.33. The Morgan fingerprint density at radius 3 is 0.962 bits per heavy atom. The van der Waals surface area contributed by atoms with Gasteiger partial charge in [-0.25, -0.2) is 44.6 Å². The lowest BCUT2D eigenvalue weighted by Crippen LogP contribution is -2.53. The molecule has 28 heteroatoms. The van der Waals surface area contributed by atoms with E-state index in [0.717, 1.165) is 56.2 Å². The normalized spacial score (nSPS) is 18.2.